The number of pyridine rings is 1. The van der Waals surface area contributed by atoms with E-state index in [4.69, 9.17) is 10.5 Å². The maximum Gasteiger partial charge on any atom is 0.137 e. The Morgan fingerprint density at radius 3 is 2.68 bits per heavy atom. The van der Waals surface area contributed by atoms with Crippen LogP contribution in [0.2, 0.25) is 0 Å². The van der Waals surface area contributed by atoms with E-state index in [1.54, 1.807) is 43.8 Å². The van der Waals surface area contributed by atoms with E-state index in [0.29, 0.717) is 17.7 Å². The fraction of sp³-hybridized carbons (Fsp3) is 0.267. The van der Waals surface area contributed by atoms with Crippen LogP contribution in [-0.4, -0.2) is 12.1 Å². The van der Waals surface area contributed by atoms with Gasteiger partial charge < -0.3 is 10.5 Å². The van der Waals surface area contributed by atoms with E-state index in [-0.39, 0.29) is 5.82 Å². The van der Waals surface area contributed by atoms with E-state index in [0.717, 1.165) is 5.56 Å². The zero-order chi connectivity index (χ0) is 13.9. The highest BCUT2D eigenvalue weighted by molar-refractivity contribution is 5.39. The van der Waals surface area contributed by atoms with Gasteiger partial charge in [0, 0.05) is 11.8 Å². The number of ether oxygens (including phenoxy) is 1. The maximum atomic E-state index is 14.0. The second-order valence-corrected chi connectivity index (χ2v) is 4.42. The lowest BCUT2D eigenvalue weighted by Crippen LogP contribution is -2.38. The molecule has 0 bridgehead atoms. The fourth-order valence-corrected chi connectivity index (χ4v) is 2.15. The summed E-state index contributed by atoms with van der Waals surface area (Å²) >= 11 is 0. The van der Waals surface area contributed by atoms with Crippen molar-refractivity contribution in [3.8, 4) is 5.75 Å². The van der Waals surface area contributed by atoms with Gasteiger partial charge in [-0.05, 0) is 24.1 Å². The standard InChI is InChI=1S/C15H17FN2O/c1-3-15(17,13-6-4-5-7-14(13)16)11-8-12(19-2)10-18-9-11/h4-10H,3,17H2,1-2H3. The van der Waals surface area contributed by atoms with Crippen LogP contribution in [0.15, 0.2) is 42.7 Å². The molecule has 0 spiro atoms. The highest BCUT2D eigenvalue weighted by Gasteiger charge is 2.31. The first-order valence-corrected chi connectivity index (χ1v) is 6.15. The third kappa shape index (κ3) is 2.44. The molecule has 1 aromatic carbocycles. The van der Waals surface area contributed by atoms with Crippen molar-refractivity contribution in [2.24, 2.45) is 5.73 Å². The lowest BCUT2D eigenvalue weighted by molar-refractivity contribution is 0.408. The average molecular weight is 260 g/mol. The maximum absolute atomic E-state index is 14.0. The summed E-state index contributed by atoms with van der Waals surface area (Å²) in [7, 11) is 1.56. The van der Waals surface area contributed by atoms with Crippen LogP contribution in [-0.2, 0) is 5.54 Å². The summed E-state index contributed by atoms with van der Waals surface area (Å²) in [4.78, 5) is 4.10. The van der Waals surface area contributed by atoms with Crippen molar-refractivity contribution in [2.45, 2.75) is 18.9 Å². The summed E-state index contributed by atoms with van der Waals surface area (Å²) in [6.07, 6.45) is 3.81. The van der Waals surface area contributed by atoms with Crippen LogP contribution >= 0.6 is 0 Å². The summed E-state index contributed by atoms with van der Waals surface area (Å²) in [5.41, 5.74) is 6.72. The highest BCUT2D eigenvalue weighted by Crippen LogP contribution is 2.32. The molecule has 0 amide bonds. The average Bonchev–Trinajstić information content (AvgIpc) is 2.47. The Kier molecular flexibility index (Phi) is 3.81. The molecule has 0 aliphatic heterocycles. The summed E-state index contributed by atoms with van der Waals surface area (Å²) in [6.45, 7) is 1.92. The molecular formula is C15H17FN2O. The molecule has 1 aromatic heterocycles. The van der Waals surface area contributed by atoms with Gasteiger partial charge in [0.15, 0.2) is 0 Å². The van der Waals surface area contributed by atoms with Gasteiger partial charge in [-0.1, -0.05) is 25.1 Å². The molecule has 1 heterocycles. The minimum atomic E-state index is -0.910. The molecule has 19 heavy (non-hydrogen) atoms. The third-order valence-corrected chi connectivity index (χ3v) is 3.38. The van der Waals surface area contributed by atoms with E-state index in [1.165, 1.54) is 6.07 Å². The number of nitrogens with zero attached hydrogens (tertiary/aromatic N) is 1. The molecule has 1 unspecified atom stereocenters. The molecule has 100 valence electrons. The number of benzene rings is 1. The summed E-state index contributed by atoms with van der Waals surface area (Å²) < 4.78 is 19.2. The predicted molar refractivity (Wildman–Crippen MR) is 72.4 cm³/mol. The van der Waals surface area contributed by atoms with E-state index in [9.17, 15) is 4.39 Å². The number of halogens is 1. The number of hydrogen-bond donors (Lipinski definition) is 1. The Bertz CT molecular complexity index is 574. The SMILES string of the molecule is CCC(N)(c1cncc(OC)c1)c1ccccc1F. The topological polar surface area (TPSA) is 48.1 Å². The molecule has 0 saturated heterocycles. The molecule has 0 radical (unpaired) electrons. The molecule has 2 aromatic rings. The fourth-order valence-electron chi connectivity index (χ4n) is 2.15. The first-order valence-electron chi connectivity index (χ1n) is 6.15. The van der Waals surface area contributed by atoms with Crippen LogP contribution in [0.3, 0.4) is 0 Å². The second-order valence-electron chi connectivity index (χ2n) is 4.42. The summed E-state index contributed by atoms with van der Waals surface area (Å²) in [5.74, 6) is 0.298. The van der Waals surface area contributed by atoms with Crippen LogP contribution in [0.25, 0.3) is 0 Å². The zero-order valence-electron chi connectivity index (χ0n) is 11.1. The lowest BCUT2D eigenvalue weighted by Gasteiger charge is -2.29. The molecule has 0 saturated carbocycles. The molecule has 2 rings (SSSR count). The summed E-state index contributed by atoms with van der Waals surface area (Å²) in [5, 5.41) is 0. The molecule has 1 atom stereocenters. The molecule has 0 aliphatic rings. The van der Waals surface area contributed by atoms with E-state index in [1.807, 2.05) is 6.92 Å². The molecule has 0 aliphatic carbocycles. The molecule has 4 heteroatoms. The quantitative estimate of drug-likeness (QED) is 0.919. The van der Waals surface area contributed by atoms with Gasteiger partial charge in [0.25, 0.3) is 0 Å². The zero-order valence-corrected chi connectivity index (χ0v) is 11.1. The van der Waals surface area contributed by atoms with E-state index >= 15 is 0 Å². The number of hydrogen-bond acceptors (Lipinski definition) is 3. The number of aromatic nitrogens is 1. The third-order valence-electron chi connectivity index (χ3n) is 3.38. The first-order chi connectivity index (χ1) is 9.11. The predicted octanol–water partition coefficient (Wildman–Crippen LogP) is 2.84. The number of nitrogens with two attached hydrogens (primary N) is 1. The van der Waals surface area contributed by atoms with Gasteiger partial charge in [0.05, 0.1) is 18.8 Å². The van der Waals surface area contributed by atoms with Crippen molar-refractivity contribution < 1.29 is 9.13 Å². The van der Waals surface area contributed by atoms with Gasteiger partial charge >= 0.3 is 0 Å². The molecular weight excluding hydrogens is 243 g/mol. The van der Waals surface area contributed by atoms with Crippen molar-refractivity contribution in [3.63, 3.8) is 0 Å². The van der Waals surface area contributed by atoms with E-state index in [2.05, 4.69) is 4.98 Å². The van der Waals surface area contributed by atoms with E-state index < -0.39 is 5.54 Å². The largest absolute Gasteiger partial charge is 0.495 e. The second kappa shape index (κ2) is 5.36. The number of methoxy groups -OCH3 is 1. The molecule has 3 nitrogen and oxygen atoms in total. The first kappa shape index (κ1) is 13.5. The van der Waals surface area contributed by atoms with Gasteiger partial charge in [-0.3, -0.25) is 4.98 Å². The minimum absolute atomic E-state index is 0.310. The Balaban J connectivity index is 2.56. The van der Waals surface area contributed by atoms with Crippen molar-refractivity contribution in [1.29, 1.82) is 0 Å². The van der Waals surface area contributed by atoms with Crippen LogP contribution in [0.5, 0.6) is 5.75 Å². The number of rotatable bonds is 4. The Hall–Kier alpha value is -1.94. The van der Waals surface area contributed by atoms with Gasteiger partial charge in [-0.25, -0.2) is 4.39 Å². The summed E-state index contributed by atoms with van der Waals surface area (Å²) in [6, 6.07) is 8.35. The smallest absolute Gasteiger partial charge is 0.137 e. The van der Waals surface area contributed by atoms with Crippen LogP contribution in [0.4, 0.5) is 4.39 Å². The lowest BCUT2D eigenvalue weighted by atomic mass is 9.82. The van der Waals surface area contributed by atoms with Crippen molar-refractivity contribution in [3.05, 3.63) is 59.7 Å². The minimum Gasteiger partial charge on any atom is -0.495 e. The molecule has 2 N–H and O–H groups in total. The van der Waals surface area contributed by atoms with Gasteiger partial charge in [0.2, 0.25) is 0 Å². The van der Waals surface area contributed by atoms with Crippen LogP contribution < -0.4 is 10.5 Å². The normalized spacial score (nSPS) is 13.9. The Labute approximate surface area is 112 Å². The van der Waals surface area contributed by atoms with Gasteiger partial charge in [-0.15, -0.1) is 0 Å². The Morgan fingerprint density at radius 2 is 2.05 bits per heavy atom. The van der Waals surface area contributed by atoms with Gasteiger partial charge in [0.1, 0.15) is 11.6 Å². The highest BCUT2D eigenvalue weighted by atomic mass is 19.1. The Morgan fingerprint density at radius 1 is 1.32 bits per heavy atom. The van der Waals surface area contributed by atoms with Crippen molar-refractivity contribution in [2.75, 3.05) is 7.11 Å². The van der Waals surface area contributed by atoms with Crippen molar-refractivity contribution in [1.82, 2.24) is 4.98 Å². The molecule has 0 fully saturated rings. The van der Waals surface area contributed by atoms with Crippen molar-refractivity contribution >= 4 is 0 Å². The van der Waals surface area contributed by atoms with Crippen LogP contribution in [0.1, 0.15) is 24.5 Å². The van der Waals surface area contributed by atoms with Gasteiger partial charge in [-0.2, -0.15) is 0 Å². The van der Waals surface area contributed by atoms with Crippen LogP contribution in [0, 0.1) is 5.82 Å². The monoisotopic (exact) mass is 260 g/mol.